The molecule has 11 nitrogen and oxygen atoms in total. The number of ether oxygens (including phenoxy) is 2. The van der Waals surface area contributed by atoms with Gasteiger partial charge in [-0.25, -0.2) is 4.57 Å². The molecule has 0 aromatic heterocycles. The lowest BCUT2D eigenvalue weighted by atomic mass is 10.0. The zero-order chi connectivity index (χ0) is 39.3. The molecule has 0 aromatic carbocycles. The van der Waals surface area contributed by atoms with E-state index in [1.165, 1.54) is 51.4 Å². The van der Waals surface area contributed by atoms with Crippen LogP contribution in [0.5, 0.6) is 0 Å². The third-order valence-electron chi connectivity index (χ3n) is 8.03. The lowest BCUT2D eigenvalue weighted by Gasteiger charge is -2.20. The van der Waals surface area contributed by atoms with Crippen molar-refractivity contribution in [3.8, 4) is 0 Å². The van der Waals surface area contributed by atoms with Gasteiger partial charge in [-0.1, -0.05) is 145 Å². The normalized spacial score (nSPS) is 14.5. The first-order valence-electron chi connectivity index (χ1n) is 19.8. The lowest BCUT2D eigenvalue weighted by Crippen LogP contribution is -2.34. The molecule has 0 fully saturated rings. The predicted octanol–water partition coefficient (Wildman–Crippen LogP) is 10.00. The van der Waals surface area contributed by atoms with Crippen molar-refractivity contribution in [3.63, 3.8) is 0 Å². The number of phosphoric ester groups is 1. The van der Waals surface area contributed by atoms with E-state index in [1.807, 2.05) is 12.2 Å². The Kier molecular flexibility index (Phi) is 34.2. The fraction of sp³-hybridized carbons (Fsp3) is 0.683. The van der Waals surface area contributed by atoms with Crippen molar-refractivity contribution in [1.29, 1.82) is 0 Å². The Balaban J connectivity index is 4.51. The summed E-state index contributed by atoms with van der Waals surface area (Å²) in [6, 6.07) is -1.53. The topological polar surface area (TPSA) is 172 Å². The Morgan fingerprint density at radius 2 is 1.06 bits per heavy atom. The summed E-state index contributed by atoms with van der Waals surface area (Å²) < 4.78 is 32.5. The van der Waals surface area contributed by atoms with Crippen LogP contribution in [0.1, 0.15) is 149 Å². The molecule has 0 bridgehead atoms. The van der Waals surface area contributed by atoms with Gasteiger partial charge in [-0.3, -0.25) is 23.4 Å². The molecule has 0 aliphatic heterocycles. The van der Waals surface area contributed by atoms with E-state index in [0.717, 1.165) is 51.4 Å². The highest BCUT2D eigenvalue weighted by Crippen LogP contribution is 2.43. The lowest BCUT2D eigenvalue weighted by molar-refractivity contribution is -0.161. The Labute approximate surface area is 319 Å². The molecule has 0 aliphatic rings. The molecular formula is C41H70NO10P. The van der Waals surface area contributed by atoms with Gasteiger partial charge >= 0.3 is 25.7 Å². The quantitative estimate of drug-likeness (QED) is 0.0240. The molecule has 0 heterocycles. The summed E-state index contributed by atoms with van der Waals surface area (Å²) in [5, 5.41) is 8.86. The van der Waals surface area contributed by atoms with E-state index in [2.05, 4.69) is 67.0 Å². The Hall–Kier alpha value is -2.82. The van der Waals surface area contributed by atoms with E-state index < -0.39 is 51.1 Å². The average Bonchev–Trinajstić information content (AvgIpc) is 3.13. The highest BCUT2D eigenvalue weighted by molar-refractivity contribution is 7.47. The first-order chi connectivity index (χ1) is 25.6. The maximum Gasteiger partial charge on any atom is 0.472 e. The fourth-order valence-corrected chi connectivity index (χ4v) is 5.70. The molecule has 0 saturated carbocycles. The molecule has 0 spiro atoms. The van der Waals surface area contributed by atoms with Gasteiger partial charge in [0, 0.05) is 12.8 Å². The van der Waals surface area contributed by atoms with Gasteiger partial charge in [-0.2, -0.15) is 0 Å². The van der Waals surface area contributed by atoms with Crippen LogP contribution in [-0.4, -0.2) is 59.9 Å². The van der Waals surface area contributed by atoms with Crippen LogP contribution in [0.25, 0.3) is 0 Å². The highest BCUT2D eigenvalue weighted by Gasteiger charge is 2.28. The van der Waals surface area contributed by atoms with Crippen LogP contribution < -0.4 is 5.73 Å². The van der Waals surface area contributed by atoms with Gasteiger partial charge in [-0.05, 0) is 51.4 Å². The summed E-state index contributed by atoms with van der Waals surface area (Å²) in [4.78, 5) is 45.8. The number of carbonyl (C=O) groups excluding carboxylic acids is 2. The second-order valence-corrected chi connectivity index (χ2v) is 14.5. The van der Waals surface area contributed by atoms with Crippen molar-refractivity contribution < 1.29 is 47.5 Å². The van der Waals surface area contributed by atoms with Crippen molar-refractivity contribution >= 4 is 25.7 Å². The van der Waals surface area contributed by atoms with Crippen molar-refractivity contribution in [1.82, 2.24) is 0 Å². The van der Waals surface area contributed by atoms with Crippen LogP contribution in [0.4, 0.5) is 0 Å². The van der Waals surface area contributed by atoms with Gasteiger partial charge in [0.1, 0.15) is 12.6 Å². The standard InChI is InChI=1S/C41H70NO10P/c1-3-5-7-9-11-13-15-17-18-19-20-21-23-24-26-28-30-32-39(43)49-34-37(35-50-53(47,48)51-36-38(42)41(45)46)52-40(44)33-31-29-27-25-22-16-14-12-10-8-6-4-2/h5,7,11,13,17-18,20-21,24,26,37-38H,3-4,6,8-10,12,14-16,19,22-23,25,27-36,42H2,1-2H3,(H,45,46)(H,47,48)/b7-5-,13-11-,18-17-,21-20-,26-24-/t37-,38+/m1/s1. The number of esters is 2. The summed E-state index contributed by atoms with van der Waals surface area (Å²) in [6.45, 7) is 2.60. The monoisotopic (exact) mass is 767 g/mol. The van der Waals surface area contributed by atoms with Crippen LogP contribution in [-0.2, 0) is 37.5 Å². The average molecular weight is 768 g/mol. The minimum Gasteiger partial charge on any atom is -0.480 e. The van der Waals surface area contributed by atoms with E-state index in [0.29, 0.717) is 19.3 Å². The van der Waals surface area contributed by atoms with E-state index in [9.17, 15) is 23.8 Å². The minimum absolute atomic E-state index is 0.142. The molecule has 4 N–H and O–H groups in total. The maximum atomic E-state index is 12.6. The maximum absolute atomic E-state index is 12.6. The molecule has 0 amide bonds. The molecule has 12 heteroatoms. The van der Waals surface area contributed by atoms with E-state index in [4.69, 9.17) is 24.8 Å². The molecular weight excluding hydrogens is 697 g/mol. The number of phosphoric acid groups is 1. The number of carboxylic acid groups (broad SMARTS) is 1. The molecule has 0 radical (unpaired) electrons. The van der Waals surface area contributed by atoms with Crippen molar-refractivity contribution in [2.75, 3.05) is 19.8 Å². The summed E-state index contributed by atoms with van der Waals surface area (Å²) in [5.74, 6) is -2.46. The number of hydrogen-bond donors (Lipinski definition) is 3. The predicted molar refractivity (Wildman–Crippen MR) is 212 cm³/mol. The third kappa shape index (κ3) is 36.0. The summed E-state index contributed by atoms with van der Waals surface area (Å²) in [5.41, 5.74) is 5.31. The van der Waals surface area contributed by atoms with E-state index in [1.54, 1.807) is 0 Å². The molecule has 0 saturated heterocycles. The number of nitrogens with two attached hydrogens (primary N) is 1. The van der Waals surface area contributed by atoms with Crippen LogP contribution >= 0.6 is 7.82 Å². The minimum atomic E-state index is -4.72. The Bertz CT molecular complexity index is 1130. The molecule has 304 valence electrons. The number of unbranched alkanes of at least 4 members (excludes halogenated alkanes) is 12. The van der Waals surface area contributed by atoms with Gasteiger partial charge < -0.3 is 25.2 Å². The molecule has 3 atom stereocenters. The fourth-order valence-electron chi connectivity index (χ4n) is 4.92. The zero-order valence-corrected chi connectivity index (χ0v) is 33.5. The first kappa shape index (κ1) is 50.2. The van der Waals surface area contributed by atoms with Crippen molar-refractivity contribution in [2.24, 2.45) is 5.73 Å². The second-order valence-electron chi connectivity index (χ2n) is 13.0. The molecule has 0 aromatic rings. The molecule has 0 aliphatic carbocycles. The van der Waals surface area contributed by atoms with Crippen LogP contribution in [0.2, 0.25) is 0 Å². The van der Waals surface area contributed by atoms with Crippen LogP contribution in [0.15, 0.2) is 60.8 Å². The molecule has 53 heavy (non-hydrogen) atoms. The number of hydrogen-bond acceptors (Lipinski definition) is 9. The Morgan fingerprint density at radius 3 is 1.57 bits per heavy atom. The molecule has 0 rings (SSSR count). The van der Waals surface area contributed by atoms with Crippen LogP contribution in [0.3, 0.4) is 0 Å². The molecule has 1 unspecified atom stereocenters. The van der Waals surface area contributed by atoms with E-state index in [-0.39, 0.29) is 19.4 Å². The number of carboxylic acids is 1. The van der Waals surface area contributed by atoms with Gasteiger partial charge in [0.05, 0.1) is 13.2 Å². The van der Waals surface area contributed by atoms with Gasteiger partial charge in [0.15, 0.2) is 6.10 Å². The van der Waals surface area contributed by atoms with Crippen molar-refractivity contribution in [3.05, 3.63) is 60.8 Å². The number of carbonyl (C=O) groups is 3. The van der Waals surface area contributed by atoms with Gasteiger partial charge in [0.25, 0.3) is 0 Å². The highest BCUT2D eigenvalue weighted by atomic mass is 31.2. The summed E-state index contributed by atoms with van der Waals surface area (Å²) in [6.07, 6.45) is 40.1. The first-order valence-corrected chi connectivity index (χ1v) is 21.3. The van der Waals surface area contributed by atoms with Crippen LogP contribution in [0, 0.1) is 0 Å². The zero-order valence-electron chi connectivity index (χ0n) is 32.6. The second kappa shape index (κ2) is 36.2. The van der Waals surface area contributed by atoms with E-state index >= 15 is 0 Å². The smallest absolute Gasteiger partial charge is 0.472 e. The van der Waals surface area contributed by atoms with Gasteiger partial charge in [0.2, 0.25) is 0 Å². The Morgan fingerprint density at radius 1 is 0.604 bits per heavy atom. The van der Waals surface area contributed by atoms with Gasteiger partial charge in [-0.15, -0.1) is 0 Å². The largest absolute Gasteiger partial charge is 0.480 e. The number of aliphatic carboxylic acids is 1. The SMILES string of the molecule is CC/C=C\C/C=C\C/C=C\C/C=C\C/C=C\CCCC(=O)OC[C@H](COP(=O)(O)OC[C@H](N)C(=O)O)OC(=O)CCCCCCCCCCCCCC. The summed E-state index contributed by atoms with van der Waals surface area (Å²) in [7, 11) is -4.72. The third-order valence-corrected chi connectivity index (χ3v) is 8.98. The number of rotatable bonds is 36. The summed E-state index contributed by atoms with van der Waals surface area (Å²) >= 11 is 0. The van der Waals surface area contributed by atoms with Crippen molar-refractivity contribution in [2.45, 2.75) is 161 Å². The number of allylic oxidation sites excluding steroid dienone is 10.